The zero-order valence-corrected chi connectivity index (χ0v) is 14.0. The van der Waals surface area contributed by atoms with Crippen LogP contribution in [0.4, 0.5) is 0 Å². The number of rotatable bonds is 8. The van der Waals surface area contributed by atoms with Crippen molar-refractivity contribution in [3.05, 3.63) is 47.8 Å². The second-order valence-corrected chi connectivity index (χ2v) is 6.37. The van der Waals surface area contributed by atoms with Crippen LogP contribution in [0.15, 0.2) is 41.6 Å². The number of benzene rings is 1. The predicted octanol–water partition coefficient (Wildman–Crippen LogP) is 4.04. The van der Waals surface area contributed by atoms with E-state index in [1.54, 1.807) is 0 Å². The van der Waals surface area contributed by atoms with E-state index in [4.69, 9.17) is 0 Å². The fourth-order valence-corrected chi connectivity index (χ4v) is 3.43. The van der Waals surface area contributed by atoms with Gasteiger partial charge in [0.15, 0.2) is 0 Å². The quantitative estimate of drug-likeness (QED) is 0.746. The van der Waals surface area contributed by atoms with Crippen LogP contribution in [-0.2, 0) is 6.54 Å². The third-order valence-electron chi connectivity index (χ3n) is 3.37. The van der Waals surface area contributed by atoms with Crippen LogP contribution in [0.5, 0.6) is 0 Å². The smallest absolute Gasteiger partial charge is 0.0537 e. The molecule has 0 amide bonds. The summed E-state index contributed by atoms with van der Waals surface area (Å²) in [7, 11) is 0. The van der Waals surface area contributed by atoms with Gasteiger partial charge in [-0.3, -0.25) is 4.68 Å². The number of nitrogens with zero attached hydrogens (tertiary/aromatic N) is 2. The van der Waals surface area contributed by atoms with Crippen molar-refractivity contribution in [3.8, 4) is 0 Å². The number of thioether (sulfide) groups is 1. The van der Waals surface area contributed by atoms with Crippen molar-refractivity contribution < 1.29 is 0 Å². The Bertz CT molecular complexity index is 550. The Morgan fingerprint density at radius 2 is 2.19 bits per heavy atom. The number of nitrogens with one attached hydrogen (secondary N) is 1. The van der Waals surface area contributed by atoms with Crippen LogP contribution in [0.3, 0.4) is 0 Å². The first kappa shape index (κ1) is 16.1. The second kappa shape index (κ2) is 8.25. The van der Waals surface area contributed by atoms with Gasteiger partial charge in [0.25, 0.3) is 0 Å². The van der Waals surface area contributed by atoms with Crippen LogP contribution in [-0.4, -0.2) is 22.1 Å². The van der Waals surface area contributed by atoms with E-state index in [0.717, 1.165) is 25.3 Å². The summed E-state index contributed by atoms with van der Waals surface area (Å²) in [5.41, 5.74) is 2.60. The largest absolute Gasteiger partial charge is 0.309 e. The van der Waals surface area contributed by atoms with Gasteiger partial charge in [-0.25, -0.2) is 0 Å². The van der Waals surface area contributed by atoms with Gasteiger partial charge in [0.2, 0.25) is 0 Å². The highest BCUT2D eigenvalue weighted by atomic mass is 32.2. The first-order chi connectivity index (χ1) is 10.2. The molecule has 0 saturated heterocycles. The molecule has 1 atom stereocenters. The molecule has 1 N–H and O–H groups in total. The van der Waals surface area contributed by atoms with Crippen LogP contribution in [0.2, 0.25) is 0 Å². The van der Waals surface area contributed by atoms with Gasteiger partial charge in [0.05, 0.1) is 6.20 Å². The van der Waals surface area contributed by atoms with E-state index in [1.165, 1.54) is 16.0 Å². The lowest BCUT2D eigenvalue weighted by Crippen LogP contribution is -2.22. The summed E-state index contributed by atoms with van der Waals surface area (Å²) in [6.07, 6.45) is 5.29. The molecule has 0 aliphatic carbocycles. The van der Waals surface area contributed by atoms with E-state index in [-0.39, 0.29) is 0 Å². The van der Waals surface area contributed by atoms with E-state index in [2.05, 4.69) is 61.6 Å². The molecule has 0 radical (unpaired) electrons. The Kier molecular flexibility index (Phi) is 6.33. The molecular formula is C17H25N3S. The molecule has 3 nitrogen and oxygen atoms in total. The van der Waals surface area contributed by atoms with Gasteiger partial charge in [-0.1, -0.05) is 31.5 Å². The summed E-state index contributed by atoms with van der Waals surface area (Å²) in [5.74, 6) is 1.02. The van der Waals surface area contributed by atoms with E-state index >= 15 is 0 Å². The first-order valence-corrected chi connectivity index (χ1v) is 8.66. The molecule has 1 heterocycles. The Hall–Kier alpha value is -1.26. The van der Waals surface area contributed by atoms with Gasteiger partial charge >= 0.3 is 0 Å². The third-order valence-corrected chi connectivity index (χ3v) is 4.45. The highest BCUT2D eigenvalue weighted by Crippen LogP contribution is 2.25. The van der Waals surface area contributed by atoms with Crippen molar-refractivity contribution in [2.45, 2.75) is 44.7 Å². The molecule has 114 valence electrons. The topological polar surface area (TPSA) is 29.9 Å². The average molecular weight is 303 g/mol. The SMILES string of the molecule is CCCn1cc(C(CSc2cccc(C)c2)NCC)cn1. The van der Waals surface area contributed by atoms with Crippen molar-refractivity contribution in [2.75, 3.05) is 12.3 Å². The molecule has 0 spiro atoms. The van der Waals surface area contributed by atoms with Gasteiger partial charge in [0.1, 0.15) is 0 Å². The monoisotopic (exact) mass is 303 g/mol. The number of hydrogen-bond donors (Lipinski definition) is 1. The number of aromatic nitrogens is 2. The molecule has 0 bridgehead atoms. The van der Waals surface area contributed by atoms with Crippen molar-refractivity contribution in [1.82, 2.24) is 15.1 Å². The van der Waals surface area contributed by atoms with Gasteiger partial charge in [-0.15, -0.1) is 11.8 Å². The van der Waals surface area contributed by atoms with Gasteiger partial charge in [0, 0.05) is 35.0 Å². The zero-order valence-electron chi connectivity index (χ0n) is 13.2. The maximum Gasteiger partial charge on any atom is 0.0537 e. The van der Waals surface area contributed by atoms with Crippen molar-refractivity contribution in [2.24, 2.45) is 0 Å². The summed E-state index contributed by atoms with van der Waals surface area (Å²) >= 11 is 1.90. The molecule has 1 unspecified atom stereocenters. The summed E-state index contributed by atoms with van der Waals surface area (Å²) in [6, 6.07) is 9.04. The molecule has 0 aliphatic heterocycles. The van der Waals surface area contributed by atoms with Gasteiger partial charge in [-0.05, 0) is 32.0 Å². The van der Waals surface area contributed by atoms with Gasteiger partial charge in [-0.2, -0.15) is 5.10 Å². The van der Waals surface area contributed by atoms with Crippen LogP contribution in [0.1, 0.15) is 37.4 Å². The fourth-order valence-electron chi connectivity index (χ4n) is 2.31. The number of hydrogen-bond acceptors (Lipinski definition) is 3. The standard InChI is InChI=1S/C17H25N3S/c1-4-9-20-12-15(11-19-20)17(18-5-2)13-21-16-8-6-7-14(3)10-16/h6-8,10-12,17-18H,4-5,9,13H2,1-3H3. The van der Waals surface area contributed by atoms with E-state index in [1.807, 2.05) is 22.6 Å². The summed E-state index contributed by atoms with van der Waals surface area (Å²) in [6.45, 7) is 8.43. The summed E-state index contributed by atoms with van der Waals surface area (Å²) in [5, 5.41) is 8.01. The summed E-state index contributed by atoms with van der Waals surface area (Å²) in [4.78, 5) is 1.33. The highest BCUT2D eigenvalue weighted by Gasteiger charge is 2.13. The van der Waals surface area contributed by atoms with E-state index in [0.29, 0.717) is 6.04 Å². The Balaban J connectivity index is 2.00. The van der Waals surface area contributed by atoms with E-state index in [9.17, 15) is 0 Å². The lowest BCUT2D eigenvalue weighted by Gasteiger charge is -2.16. The first-order valence-electron chi connectivity index (χ1n) is 7.68. The van der Waals surface area contributed by atoms with Gasteiger partial charge < -0.3 is 5.32 Å². The van der Waals surface area contributed by atoms with Crippen molar-refractivity contribution >= 4 is 11.8 Å². The Morgan fingerprint density at radius 1 is 1.33 bits per heavy atom. The van der Waals surface area contributed by atoms with Crippen molar-refractivity contribution in [1.29, 1.82) is 0 Å². The van der Waals surface area contributed by atoms with Crippen LogP contribution in [0.25, 0.3) is 0 Å². The molecular weight excluding hydrogens is 278 g/mol. The number of aryl methyl sites for hydroxylation is 2. The Labute approximate surface area is 132 Å². The molecule has 4 heteroatoms. The fraction of sp³-hybridized carbons (Fsp3) is 0.471. The lowest BCUT2D eigenvalue weighted by atomic mass is 10.2. The van der Waals surface area contributed by atoms with E-state index < -0.39 is 0 Å². The average Bonchev–Trinajstić information content (AvgIpc) is 2.92. The minimum Gasteiger partial charge on any atom is -0.309 e. The molecule has 2 rings (SSSR count). The molecule has 1 aromatic heterocycles. The normalized spacial score (nSPS) is 12.5. The second-order valence-electron chi connectivity index (χ2n) is 5.27. The molecule has 0 aliphatic rings. The van der Waals surface area contributed by atoms with Crippen molar-refractivity contribution in [3.63, 3.8) is 0 Å². The zero-order chi connectivity index (χ0) is 15.1. The summed E-state index contributed by atoms with van der Waals surface area (Å²) < 4.78 is 2.04. The minimum atomic E-state index is 0.353. The van der Waals surface area contributed by atoms with Crippen LogP contribution < -0.4 is 5.32 Å². The highest BCUT2D eigenvalue weighted by molar-refractivity contribution is 7.99. The Morgan fingerprint density at radius 3 is 2.90 bits per heavy atom. The predicted molar refractivity (Wildman–Crippen MR) is 90.8 cm³/mol. The maximum absolute atomic E-state index is 4.45. The lowest BCUT2D eigenvalue weighted by molar-refractivity contribution is 0.590. The van der Waals surface area contributed by atoms with Crippen LogP contribution >= 0.6 is 11.8 Å². The molecule has 0 fully saturated rings. The maximum atomic E-state index is 4.45. The van der Waals surface area contributed by atoms with Crippen LogP contribution in [0, 0.1) is 6.92 Å². The molecule has 0 saturated carbocycles. The molecule has 21 heavy (non-hydrogen) atoms. The molecule has 1 aromatic carbocycles. The minimum absolute atomic E-state index is 0.353. The molecule has 2 aromatic rings. The third kappa shape index (κ3) is 4.90.